The third-order valence-electron chi connectivity index (χ3n) is 6.56. The predicted molar refractivity (Wildman–Crippen MR) is 148 cm³/mol. The number of methoxy groups -OCH3 is 4. The number of ether oxygens (including phenoxy) is 4. The van der Waals surface area contributed by atoms with Crippen LogP contribution in [0.4, 0.5) is 5.13 Å². The average Bonchev–Trinajstić information content (AvgIpc) is 3.49. The Bertz CT molecular complexity index is 1600. The van der Waals surface area contributed by atoms with E-state index in [1.807, 2.05) is 25.1 Å². The van der Waals surface area contributed by atoms with E-state index in [4.69, 9.17) is 18.9 Å². The van der Waals surface area contributed by atoms with E-state index in [-0.39, 0.29) is 11.3 Å². The highest BCUT2D eigenvalue weighted by Crippen LogP contribution is 2.48. The highest BCUT2D eigenvalue weighted by atomic mass is 32.1. The molecular weight excluding hydrogens is 520 g/mol. The predicted octanol–water partition coefficient (Wildman–Crippen LogP) is 5.27. The summed E-state index contributed by atoms with van der Waals surface area (Å²) >= 11 is 1.24. The molecule has 0 radical (unpaired) electrons. The van der Waals surface area contributed by atoms with Crippen LogP contribution in [0.3, 0.4) is 0 Å². The van der Waals surface area contributed by atoms with E-state index in [1.165, 1.54) is 37.6 Å². The van der Waals surface area contributed by atoms with Crippen molar-refractivity contribution in [2.24, 2.45) is 0 Å². The minimum atomic E-state index is -1.03. The number of benzene rings is 3. The number of aromatic nitrogens is 1. The molecule has 3 aromatic carbocycles. The molecule has 9 nitrogen and oxygen atoms in total. The van der Waals surface area contributed by atoms with E-state index >= 15 is 0 Å². The number of carbonyl (C=O) groups is 2. The summed E-state index contributed by atoms with van der Waals surface area (Å²) in [5, 5.41) is 11.7. The molecule has 10 heteroatoms. The molecule has 1 amide bonds. The number of carbonyl (C=O) groups excluding carboxylic acids is 2. The Morgan fingerprint density at radius 3 is 2.15 bits per heavy atom. The molecular formula is C29H26N2O7S. The first-order valence-corrected chi connectivity index (χ1v) is 12.8. The fourth-order valence-electron chi connectivity index (χ4n) is 4.59. The largest absolute Gasteiger partial charge is 0.507 e. The minimum absolute atomic E-state index is 0.0741. The zero-order valence-electron chi connectivity index (χ0n) is 22.0. The standard InChI is InChI=1S/C29H26N2O7S/c1-15-6-8-16(9-7-15)25(32)23-24(17-12-20(36-3)27(38-5)21(13-17)37-4)31(28(34)26(23)33)29-30-19-11-10-18(35-2)14-22(19)39-29/h6-14,24,32H,1-5H3/b25-23+/t24-/m0/s1. The van der Waals surface area contributed by atoms with Crippen LogP contribution in [0.15, 0.2) is 60.2 Å². The Hall–Kier alpha value is -4.57. The van der Waals surface area contributed by atoms with Crippen molar-refractivity contribution in [3.63, 3.8) is 0 Å². The molecule has 1 atom stereocenters. The number of thiazole rings is 1. The first-order valence-electron chi connectivity index (χ1n) is 11.9. The zero-order chi connectivity index (χ0) is 27.8. The molecule has 4 aromatic rings. The molecule has 1 aromatic heterocycles. The van der Waals surface area contributed by atoms with Crippen molar-refractivity contribution in [1.82, 2.24) is 4.98 Å². The number of ketones is 1. The Morgan fingerprint density at radius 2 is 1.56 bits per heavy atom. The van der Waals surface area contributed by atoms with E-state index in [9.17, 15) is 14.7 Å². The second-order valence-electron chi connectivity index (χ2n) is 8.82. The van der Waals surface area contributed by atoms with Gasteiger partial charge in [0.15, 0.2) is 16.6 Å². The van der Waals surface area contributed by atoms with Crippen molar-refractivity contribution in [2.45, 2.75) is 13.0 Å². The molecule has 1 fully saturated rings. The van der Waals surface area contributed by atoms with Crippen LogP contribution in [0.5, 0.6) is 23.0 Å². The molecule has 0 bridgehead atoms. The monoisotopic (exact) mass is 546 g/mol. The Labute approximate surface area is 228 Å². The number of aliphatic hydroxyl groups excluding tert-OH is 1. The SMILES string of the molecule is COc1ccc2nc(N3C(=O)C(=O)/C(=C(/O)c4ccc(C)cc4)[C@@H]3c3cc(OC)c(OC)c(OC)c3)sc2c1. The molecule has 39 heavy (non-hydrogen) atoms. The lowest BCUT2D eigenvalue weighted by Crippen LogP contribution is -2.29. The molecule has 1 aliphatic rings. The lowest BCUT2D eigenvalue weighted by molar-refractivity contribution is -0.132. The van der Waals surface area contributed by atoms with Gasteiger partial charge in [0.25, 0.3) is 5.78 Å². The summed E-state index contributed by atoms with van der Waals surface area (Å²) in [4.78, 5) is 33.1. The van der Waals surface area contributed by atoms with E-state index < -0.39 is 17.7 Å². The first kappa shape index (κ1) is 26.1. The third kappa shape index (κ3) is 4.42. The van der Waals surface area contributed by atoms with E-state index in [2.05, 4.69) is 4.98 Å². The summed E-state index contributed by atoms with van der Waals surface area (Å²) in [5.41, 5.74) is 2.42. The fraction of sp³-hybridized carbons (Fsp3) is 0.207. The minimum Gasteiger partial charge on any atom is -0.507 e. The van der Waals surface area contributed by atoms with Gasteiger partial charge in [-0.05, 0) is 42.8 Å². The highest BCUT2D eigenvalue weighted by Gasteiger charge is 2.48. The molecule has 2 heterocycles. The van der Waals surface area contributed by atoms with Gasteiger partial charge in [-0.2, -0.15) is 0 Å². The summed E-state index contributed by atoms with van der Waals surface area (Å²) in [6.07, 6.45) is 0. The van der Waals surface area contributed by atoms with Gasteiger partial charge in [0.05, 0.1) is 50.3 Å². The molecule has 1 aliphatic heterocycles. The highest BCUT2D eigenvalue weighted by molar-refractivity contribution is 7.22. The quantitative estimate of drug-likeness (QED) is 0.190. The molecule has 1 N–H and O–H groups in total. The van der Waals surface area contributed by atoms with Crippen LogP contribution in [-0.2, 0) is 9.59 Å². The van der Waals surface area contributed by atoms with Crippen molar-refractivity contribution >= 4 is 44.1 Å². The summed E-state index contributed by atoms with van der Waals surface area (Å²) < 4.78 is 22.6. The third-order valence-corrected chi connectivity index (χ3v) is 7.58. The van der Waals surface area contributed by atoms with Crippen molar-refractivity contribution in [3.05, 3.63) is 76.9 Å². The van der Waals surface area contributed by atoms with Gasteiger partial charge in [0, 0.05) is 5.56 Å². The van der Waals surface area contributed by atoms with Gasteiger partial charge in [-0.1, -0.05) is 41.2 Å². The number of rotatable bonds is 7. The number of hydrogen-bond acceptors (Lipinski definition) is 9. The number of aryl methyl sites for hydroxylation is 1. The molecule has 0 aliphatic carbocycles. The van der Waals surface area contributed by atoms with Gasteiger partial charge in [-0.25, -0.2) is 4.98 Å². The van der Waals surface area contributed by atoms with Crippen LogP contribution in [0.25, 0.3) is 16.0 Å². The van der Waals surface area contributed by atoms with Crippen LogP contribution in [0, 0.1) is 6.92 Å². The number of hydrogen-bond donors (Lipinski definition) is 1. The molecule has 200 valence electrons. The van der Waals surface area contributed by atoms with Crippen LogP contribution < -0.4 is 23.8 Å². The van der Waals surface area contributed by atoms with Gasteiger partial charge in [0.1, 0.15) is 11.5 Å². The van der Waals surface area contributed by atoms with Crippen LogP contribution in [0.1, 0.15) is 22.7 Å². The zero-order valence-corrected chi connectivity index (χ0v) is 22.8. The van der Waals surface area contributed by atoms with Crippen molar-refractivity contribution in [2.75, 3.05) is 33.3 Å². The van der Waals surface area contributed by atoms with Crippen molar-refractivity contribution in [1.29, 1.82) is 0 Å². The fourth-order valence-corrected chi connectivity index (χ4v) is 5.61. The van der Waals surface area contributed by atoms with Crippen LogP contribution in [-0.4, -0.2) is 50.2 Å². The van der Waals surface area contributed by atoms with Crippen molar-refractivity contribution < 1.29 is 33.6 Å². The normalized spacial score (nSPS) is 16.5. The summed E-state index contributed by atoms with van der Waals surface area (Å²) in [6, 6.07) is 14.7. The summed E-state index contributed by atoms with van der Waals surface area (Å²) in [5.74, 6) is -0.273. The van der Waals surface area contributed by atoms with Crippen LogP contribution in [0.2, 0.25) is 0 Å². The number of amides is 1. The lowest BCUT2D eigenvalue weighted by atomic mass is 9.94. The van der Waals surface area contributed by atoms with E-state index in [1.54, 1.807) is 43.5 Å². The number of fused-ring (bicyclic) bond motifs is 1. The number of nitrogens with zero attached hydrogens (tertiary/aromatic N) is 2. The number of anilines is 1. The Balaban J connectivity index is 1.77. The maximum atomic E-state index is 13.6. The number of Topliss-reactive ketones (excluding diaryl/α,β-unsaturated/α-hetero) is 1. The number of aliphatic hydroxyl groups is 1. The molecule has 5 rings (SSSR count). The summed E-state index contributed by atoms with van der Waals surface area (Å²) in [6.45, 7) is 1.92. The molecule has 0 saturated carbocycles. The summed E-state index contributed by atoms with van der Waals surface area (Å²) in [7, 11) is 6.01. The topological polar surface area (TPSA) is 107 Å². The Kier molecular flexibility index (Phi) is 6.88. The average molecular weight is 547 g/mol. The first-order chi connectivity index (χ1) is 18.8. The van der Waals surface area contributed by atoms with Crippen molar-refractivity contribution in [3.8, 4) is 23.0 Å². The van der Waals surface area contributed by atoms with Gasteiger partial charge >= 0.3 is 5.91 Å². The molecule has 0 spiro atoms. The van der Waals surface area contributed by atoms with Gasteiger partial charge in [-0.3, -0.25) is 14.5 Å². The molecule has 0 unspecified atom stereocenters. The maximum absolute atomic E-state index is 13.6. The van der Waals surface area contributed by atoms with Gasteiger partial charge in [0.2, 0.25) is 5.75 Å². The van der Waals surface area contributed by atoms with Gasteiger partial charge in [-0.15, -0.1) is 0 Å². The maximum Gasteiger partial charge on any atom is 0.301 e. The van der Waals surface area contributed by atoms with Gasteiger partial charge < -0.3 is 24.1 Å². The molecule has 1 saturated heterocycles. The Morgan fingerprint density at radius 1 is 0.897 bits per heavy atom. The van der Waals surface area contributed by atoms with E-state index in [0.29, 0.717) is 44.8 Å². The second-order valence-corrected chi connectivity index (χ2v) is 9.83. The smallest absolute Gasteiger partial charge is 0.301 e. The lowest BCUT2D eigenvalue weighted by Gasteiger charge is -2.24. The van der Waals surface area contributed by atoms with E-state index in [0.717, 1.165) is 10.3 Å². The second kappa shape index (κ2) is 10.3. The van der Waals surface area contributed by atoms with Crippen LogP contribution >= 0.6 is 11.3 Å².